The minimum atomic E-state index is 0.542. The number of aromatic nitrogens is 2. The van der Waals surface area contributed by atoms with Crippen LogP contribution in [-0.2, 0) is 0 Å². The van der Waals surface area contributed by atoms with Gasteiger partial charge in [0, 0.05) is 23.3 Å². The van der Waals surface area contributed by atoms with E-state index in [1.54, 1.807) is 12.4 Å². The van der Waals surface area contributed by atoms with Gasteiger partial charge < -0.3 is 0 Å². The van der Waals surface area contributed by atoms with Crippen LogP contribution in [0.2, 0.25) is 0 Å². The predicted molar refractivity (Wildman–Crippen MR) is 69.7 cm³/mol. The molecule has 0 aliphatic carbocycles. The third kappa shape index (κ3) is 1.70. The number of pyridine rings is 2. The Morgan fingerprint density at radius 3 is 2.78 bits per heavy atom. The highest BCUT2D eigenvalue weighted by Crippen LogP contribution is 2.23. The van der Waals surface area contributed by atoms with E-state index in [1.165, 1.54) is 0 Å². The molecule has 0 fully saturated rings. The molecule has 2 aromatic heterocycles. The number of nitriles is 1. The van der Waals surface area contributed by atoms with Gasteiger partial charge in [0.2, 0.25) is 0 Å². The molecule has 1 aromatic carbocycles. The number of rotatable bonds is 1. The highest BCUT2D eigenvalue weighted by Gasteiger charge is 2.06. The van der Waals surface area contributed by atoms with E-state index in [1.807, 2.05) is 42.5 Å². The number of hydrogen-bond donors (Lipinski definition) is 0. The molecule has 0 spiro atoms. The average molecular weight is 231 g/mol. The number of nitrogens with zero attached hydrogens (tertiary/aromatic N) is 3. The van der Waals surface area contributed by atoms with E-state index in [4.69, 9.17) is 5.26 Å². The lowest BCUT2D eigenvalue weighted by Gasteiger charge is -2.04. The molecule has 0 atom stereocenters. The van der Waals surface area contributed by atoms with Crippen molar-refractivity contribution in [3.8, 4) is 17.3 Å². The van der Waals surface area contributed by atoms with Gasteiger partial charge in [-0.25, -0.2) is 4.98 Å². The first-order valence-electron chi connectivity index (χ1n) is 5.59. The lowest BCUT2D eigenvalue weighted by molar-refractivity contribution is 1.28. The standard InChI is InChI=1S/C15H9N3/c16-9-12-10-17-8-7-13(12)15-6-5-11-3-1-2-4-14(11)18-15/h1-8,10H. The van der Waals surface area contributed by atoms with E-state index in [0.717, 1.165) is 22.2 Å². The summed E-state index contributed by atoms with van der Waals surface area (Å²) in [5.74, 6) is 0. The molecule has 0 bridgehead atoms. The molecule has 0 aliphatic rings. The summed E-state index contributed by atoms with van der Waals surface area (Å²) in [5.41, 5.74) is 3.09. The Morgan fingerprint density at radius 2 is 1.89 bits per heavy atom. The van der Waals surface area contributed by atoms with Crippen LogP contribution in [0, 0.1) is 11.3 Å². The van der Waals surface area contributed by atoms with Gasteiger partial charge >= 0.3 is 0 Å². The van der Waals surface area contributed by atoms with Crippen LogP contribution in [0.3, 0.4) is 0 Å². The van der Waals surface area contributed by atoms with Crippen molar-refractivity contribution in [3.05, 3.63) is 60.4 Å². The molecule has 3 nitrogen and oxygen atoms in total. The largest absolute Gasteiger partial charge is 0.263 e. The number of para-hydroxylation sites is 1. The number of fused-ring (bicyclic) bond motifs is 1. The number of hydrogen-bond acceptors (Lipinski definition) is 3. The second-order valence-electron chi connectivity index (χ2n) is 3.92. The molecular formula is C15H9N3. The summed E-state index contributed by atoms with van der Waals surface area (Å²) in [6, 6.07) is 15.8. The topological polar surface area (TPSA) is 49.6 Å². The Labute approximate surface area is 104 Å². The Kier molecular flexibility index (Phi) is 2.47. The van der Waals surface area contributed by atoms with E-state index >= 15 is 0 Å². The van der Waals surface area contributed by atoms with Gasteiger partial charge in [-0.05, 0) is 18.2 Å². The van der Waals surface area contributed by atoms with Crippen LogP contribution in [0.25, 0.3) is 22.2 Å². The molecule has 0 saturated carbocycles. The molecule has 3 aromatic rings. The average Bonchev–Trinajstić information content (AvgIpc) is 2.46. The first-order valence-corrected chi connectivity index (χ1v) is 5.59. The van der Waals surface area contributed by atoms with Crippen LogP contribution in [0.1, 0.15) is 5.56 Å². The fourth-order valence-electron chi connectivity index (χ4n) is 1.92. The molecule has 3 heteroatoms. The van der Waals surface area contributed by atoms with Gasteiger partial charge in [-0.15, -0.1) is 0 Å². The zero-order chi connectivity index (χ0) is 12.4. The maximum Gasteiger partial charge on any atom is 0.101 e. The van der Waals surface area contributed by atoms with Gasteiger partial charge in [0.1, 0.15) is 6.07 Å². The maximum absolute atomic E-state index is 9.08. The molecule has 0 N–H and O–H groups in total. The highest BCUT2D eigenvalue weighted by molar-refractivity contribution is 5.82. The van der Waals surface area contributed by atoms with Gasteiger partial charge in [-0.2, -0.15) is 5.26 Å². The van der Waals surface area contributed by atoms with Crippen molar-refractivity contribution >= 4 is 10.9 Å². The summed E-state index contributed by atoms with van der Waals surface area (Å²) in [4.78, 5) is 8.53. The van der Waals surface area contributed by atoms with Crippen LogP contribution in [0.5, 0.6) is 0 Å². The van der Waals surface area contributed by atoms with E-state index in [9.17, 15) is 0 Å². The van der Waals surface area contributed by atoms with Crippen LogP contribution >= 0.6 is 0 Å². The normalized spacial score (nSPS) is 10.2. The number of benzene rings is 1. The van der Waals surface area contributed by atoms with Crippen LogP contribution in [-0.4, -0.2) is 9.97 Å². The van der Waals surface area contributed by atoms with Crippen molar-refractivity contribution in [2.24, 2.45) is 0 Å². The van der Waals surface area contributed by atoms with Crippen molar-refractivity contribution in [1.82, 2.24) is 9.97 Å². The van der Waals surface area contributed by atoms with Crippen LogP contribution in [0.15, 0.2) is 54.9 Å². The van der Waals surface area contributed by atoms with Crippen molar-refractivity contribution in [1.29, 1.82) is 5.26 Å². The molecule has 84 valence electrons. The van der Waals surface area contributed by atoms with E-state index < -0.39 is 0 Å². The third-order valence-corrected chi connectivity index (χ3v) is 2.82. The van der Waals surface area contributed by atoms with Gasteiger partial charge in [0.15, 0.2) is 0 Å². The molecule has 0 saturated heterocycles. The Hall–Kier alpha value is -2.73. The molecular weight excluding hydrogens is 222 g/mol. The van der Waals surface area contributed by atoms with Gasteiger partial charge in [-0.3, -0.25) is 4.98 Å². The fourth-order valence-corrected chi connectivity index (χ4v) is 1.92. The van der Waals surface area contributed by atoms with Crippen molar-refractivity contribution in [2.45, 2.75) is 0 Å². The Morgan fingerprint density at radius 1 is 1.00 bits per heavy atom. The second-order valence-corrected chi connectivity index (χ2v) is 3.92. The first-order chi connectivity index (χ1) is 8.88. The molecule has 0 aliphatic heterocycles. The Balaban J connectivity index is 2.23. The monoisotopic (exact) mass is 231 g/mol. The third-order valence-electron chi connectivity index (χ3n) is 2.82. The zero-order valence-corrected chi connectivity index (χ0v) is 9.54. The van der Waals surface area contributed by atoms with Crippen molar-refractivity contribution < 1.29 is 0 Å². The highest BCUT2D eigenvalue weighted by atomic mass is 14.7. The molecule has 18 heavy (non-hydrogen) atoms. The van der Waals surface area contributed by atoms with Crippen LogP contribution in [0.4, 0.5) is 0 Å². The maximum atomic E-state index is 9.08. The first kappa shape index (κ1) is 10.4. The van der Waals surface area contributed by atoms with E-state index in [0.29, 0.717) is 5.56 Å². The van der Waals surface area contributed by atoms with Gasteiger partial charge in [0.25, 0.3) is 0 Å². The second kappa shape index (κ2) is 4.27. The minimum absolute atomic E-state index is 0.542. The molecule has 2 heterocycles. The molecule has 0 amide bonds. The predicted octanol–water partition coefficient (Wildman–Crippen LogP) is 3.17. The van der Waals surface area contributed by atoms with E-state index in [2.05, 4.69) is 16.0 Å². The lowest BCUT2D eigenvalue weighted by atomic mass is 10.1. The quantitative estimate of drug-likeness (QED) is 0.646. The molecule has 0 radical (unpaired) electrons. The SMILES string of the molecule is N#Cc1cnccc1-c1ccc2ccccc2n1. The lowest BCUT2D eigenvalue weighted by Crippen LogP contribution is -1.89. The van der Waals surface area contributed by atoms with Crippen molar-refractivity contribution in [2.75, 3.05) is 0 Å². The van der Waals surface area contributed by atoms with Gasteiger partial charge in [-0.1, -0.05) is 24.3 Å². The summed E-state index contributed by atoms with van der Waals surface area (Å²) in [6.45, 7) is 0. The summed E-state index contributed by atoms with van der Waals surface area (Å²) in [7, 11) is 0. The van der Waals surface area contributed by atoms with Gasteiger partial charge in [0.05, 0.1) is 16.8 Å². The molecule has 3 rings (SSSR count). The smallest absolute Gasteiger partial charge is 0.101 e. The fraction of sp³-hybridized carbons (Fsp3) is 0. The van der Waals surface area contributed by atoms with Crippen LogP contribution < -0.4 is 0 Å². The summed E-state index contributed by atoms with van der Waals surface area (Å²) < 4.78 is 0. The summed E-state index contributed by atoms with van der Waals surface area (Å²) in [6.07, 6.45) is 3.24. The Bertz CT molecular complexity index is 757. The van der Waals surface area contributed by atoms with E-state index in [-0.39, 0.29) is 0 Å². The zero-order valence-electron chi connectivity index (χ0n) is 9.54. The summed E-state index contributed by atoms with van der Waals surface area (Å²) >= 11 is 0. The summed E-state index contributed by atoms with van der Waals surface area (Å²) in [5, 5.41) is 10.2. The molecule has 0 unspecified atom stereocenters. The minimum Gasteiger partial charge on any atom is -0.263 e. The van der Waals surface area contributed by atoms with Crippen molar-refractivity contribution in [3.63, 3.8) is 0 Å².